The Kier molecular flexibility index (Phi) is 2.73. The van der Waals surface area contributed by atoms with Crippen molar-refractivity contribution < 1.29 is 9.90 Å². The lowest BCUT2D eigenvalue weighted by Gasteiger charge is -2.00. The number of rotatable bonds is 3. The molecule has 6 heteroatoms. The first-order valence-corrected chi connectivity index (χ1v) is 6.81. The van der Waals surface area contributed by atoms with E-state index in [0.717, 1.165) is 20.3 Å². The number of fused-ring (bicyclic) bond motifs is 1. The summed E-state index contributed by atoms with van der Waals surface area (Å²) >= 11 is 2.65. The molecule has 0 aliphatic carbocycles. The smallest absolute Gasteiger partial charge is 0.345 e. The maximum Gasteiger partial charge on any atom is 0.345 e. The molecule has 3 aromatic rings. The van der Waals surface area contributed by atoms with E-state index in [1.165, 1.54) is 22.7 Å². The van der Waals surface area contributed by atoms with Gasteiger partial charge in [0.25, 0.3) is 0 Å². The highest BCUT2D eigenvalue weighted by atomic mass is 32.1. The average molecular weight is 276 g/mol. The molecule has 0 saturated heterocycles. The summed E-state index contributed by atoms with van der Waals surface area (Å²) in [6.07, 6.45) is 0. The van der Waals surface area contributed by atoms with Gasteiger partial charge >= 0.3 is 5.97 Å². The zero-order chi connectivity index (χ0) is 12.5. The number of hydrogen-bond acceptors (Lipinski definition) is 5. The summed E-state index contributed by atoms with van der Waals surface area (Å²) in [5, 5.41) is 12.9. The van der Waals surface area contributed by atoms with Gasteiger partial charge in [0, 0.05) is 5.69 Å². The summed E-state index contributed by atoms with van der Waals surface area (Å²) < 4.78 is 0.899. The van der Waals surface area contributed by atoms with Crippen LogP contribution in [0.5, 0.6) is 0 Å². The van der Waals surface area contributed by atoms with Gasteiger partial charge in [0.2, 0.25) is 0 Å². The van der Waals surface area contributed by atoms with Crippen LogP contribution in [0.2, 0.25) is 0 Å². The normalized spacial score (nSPS) is 10.7. The molecule has 0 amide bonds. The van der Waals surface area contributed by atoms with E-state index in [2.05, 4.69) is 10.3 Å². The van der Waals surface area contributed by atoms with Gasteiger partial charge in [-0.3, -0.25) is 0 Å². The highest BCUT2D eigenvalue weighted by Crippen LogP contribution is 2.33. The fraction of sp³-hybridized carbons (Fsp3) is 0. The molecule has 0 unspecified atom stereocenters. The molecule has 4 nitrogen and oxygen atoms in total. The fourth-order valence-corrected chi connectivity index (χ4v) is 3.51. The van der Waals surface area contributed by atoms with E-state index in [1.807, 2.05) is 30.3 Å². The Morgan fingerprint density at radius 2 is 2.00 bits per heavy atom. The molecule has 0 radical (unpaired) electrons. The van der Waals surface area contributed by atoms with Crippen molar-refractivity contribution in [3.63, 3.8) is 0 Å². The minimum Gasteiger partial charge on any atom is -0.477 e. The van der Waals surface area contributed by atoms with E-state index in [1.54, 1.807) is 6.07 Å². The lowest BCUT2D eigenvalue weighted by molar-refractivity contribution is 0.0702. The fourth-order valence-electron chi connectivity index (χ4n) is 1.54. The number of anilines is 2. The van der Waals surface area contributed by atoms with Crippen LogP contribution in [-0.4, -0.2) is 16.1 Å². The van der Waals surface area contributed by atoms with Crippen molar-refractivity contribution in [2.45, 2.75) is 0 Å². The van der Waals surface area contributed by atoms with Gasteiger partial charge in [-0.05, 0) is 18.2 Å². The largest absolute Gasteiger partial charge is 0.477 e. The molecule has 1 aromatic carbocycles. The van der Waals surface area contributed by atoms with Gasteiger partial charge in [-0.15, -0.1) is 11.3 Å². The summed E-state index contributed by atoms with van der Waals surface area (Å²) in [6.45, 7) is 0. The Morgan fingerprint density at radius 1 is 1.22 bits per heavy atom. The summed E-state index contributed by atoms with van der Waals surface area (Å²) in [7, 11) is 0. The van der Waals surface area contributed by atoms with Crippen molar-refractivity contribution in [3.05, 3.63) is 41.3 Å². The van der Waals surface area contributed by atoms with Gasteiger partial charge in [0.1, 0.15) is 9.71 Å². The number of nitrogens with zero attached hydrogens (tertiary/aromatic N) is 1. The van der Waals surface area contributed by atoms with Crippen molar-refractivity contribution in [2.24, 2.45) is 0 Å². The third-order valence-corrected chi connectivity index (χ3v) is 4.39. The maximum atomic E-state index is 10.8. The summed E-state index contributed by atoms with van der Waals surface area (Å²) in [4.78, 5) is 16.3. The molecule has 2 N–H and O–H groups in total. The summed E-state index contributed by atoms with van der Waals surface area (Å²) in [5.74, 6) is -0.900. The summed E-state index contributed by atoms with van der Waals surface area (Å²) in [5.41, 5.74) is 0.970. The number of carboxylic acids is 1. The molecule has 0 aliphatic heterocycles. The third-order valence-electron chi connectivity index (χ3n) is 2.33. The number of benzene rings is 1. The number of thiazole rings is 1. The highest BCUT2D eigenvalue weighted by molar-refractivity contribution is 7.29. The Bertz CT molecular complexity index is 672. The first-order valence-electron chi connectivity index (χ1n) is 5.18. The number of hydrogen-bond donors (Lipinski definition) is 2. The number of carbonyl (C=O) groups is 1. The number of aromatic nitrogens is 1. The SMILES string of the molecule is O=C(O)c1cc2sc(Nc3ccccc3)nc2s1. The number of para-hydroxylation sites is 1. The van der Waals surface area contributed by atoms with Gasteiger partial charge in [0.15, 0.2) is 5.13 Å². The van der Waals surface area contributed by atoms with Crippen LogP contribution in [0.25, 0.3) is 9.53 Å². The zero-order valence-corrected chi connectivity index (χ0v) is 10.7. The predicted octanol–water partition coefficient (Wildman–Crippen LogP) is 3.80. The maximum absolute atomic E-state index is 10.8. The van der Waals surface area contributed by atoms with Gasteiger partial charge in [-0.2, -0.15) is 0 Å². The van der Waals surface area contributed by atoms with Crippen LogP contribution in [0.1, 0.15) is 9.67 Å². The van der Waals surface area contributed by atoms with Crippen molar-refractivity contribution in [1.82, 2.24) is 4.98 Å². The topological polar surface area (TPSA) is 62.2 Å². The second-order valence-electron chi connectivity index (χ2n) is 3.60. The molecule has 0 aliphatic rings. The van der Waals surface area contributed by atoms with Gasteiger partial charge < -0.3 is 10.4 Å². The number of thiophene rings is 1. The van der Waals surface area contributed by atoms with Crippen LogP contribution in [0.3, 0.4) is 0 Å². The van der Waals surface area contributed by atoms with E-state index in [0.29, 0.717) is 4.88 Å². The van der Waals surface area contributed by atoms with Gasteiger partial charge in [-0.1, -0.05) is 29.5 Å². The van der Waals surface area contributed by atoms with Crippen molar-refractivity contribution in [2.75, 3.05) is 5.32 Å². The van der Waals surface area contributed by atoms with Crippen molar-refractivity contribution in [1.29, 1.82) is 0 Å². The highest BCUT2D eigenvalue weighted by Gasteiger charge is 2.12. The lowest BCUT2D eigenvalue weighted by Crippen LogP contribution is -1.90. The van der Waals surface area contributed by atoms with Gasteiger partial charge in [-0.25, -0.2) is 9.78 Å². The van der Waals surface area contributed by atoms with E-state index in [-0.39, 0.29) is 0 Å². The van der Waals surface area contributed by atoms with Crippen LogP contribution in [-0.2, 0) is 0 Å². The Labute approximate surface area is 111 Å². The molecule has 2 aromatic heterocycles. The molecule has 90 valence electrons. The first-order chi connectivity index (χ1) is 8.72. The Hall–Kier alpha value is -1.92. The molecule has 0 spiro atoms. The summed E-state index contributed by atoms with van der Waals surface area (Å²) in [6, 6.07) is 11.4. The second kappa shape index (κ2) is 4.40. The van der Waals surface area contributed by atoms with Crippen LogP contribution in [0.4, 0.5) is 10.8 Å². The molecule has 0 saturated carbocycles. The third kappa shape index (κ3) is 2.07. The zero-order valence-electron chi connectivity index (χ0n) is 9.08. The van der Waals surface area contributed by atoms with E-state index >= 15 is 0 Å². The molecule has 18 heavy (non-hydrogen) atoms. The molecule has 3 rings (SSSR count). The lowest BCUT2D eigenvalue weighted by atomic mass is 10.3. The number of aromatic carboxylic acids is 1. The monoisotopic (exact) mass is 276 g/mol. The Morgan fingerprint density at radius 3 is 2.67 bits per heavy atom. The second-order valence-corrected chi connectivity index (χ2v) is 5.66. The minimum atomic E-state index is -0.900. The van der Waals surface area contributed by atoms with Crippen LogP contribution >= 0.6 is 22.7 Å². The molecular formula is C12H8N2O2S2. The molecule has 0 atom stereocenters. The Balaban J connectivity index is 1.90. The molecular weight excluding hydrogens is 268 g/mol. The van der Waals surface area contributed by atoms with Crippen LogP contribution < -0.4 is 5.32 Å². The molecule has 0 fully saturated rings. The van der Waals surface area contributed by atoms with Crippen LogP contribution in [0.15, 0.2) is 36.4 Å². The van der Waals surface area contributed by atoms with Crippen molar-refractivity contribution >= 4 is 49.0 Å². The predicted molar refractivity (Wildman–Crippen MR) is 74.2 cm³/mol. The molecule has 2 heterocycles. The van der Waals surface area contributed by atoms with Gasteiger partial charge in [0.05, 0.1) is 4.70 Å². The van der Waals surface area contributed by atoms with E-state index in [9.17, 15) is 4.79 Å². The molecule has 0 bridgehead atoms. The number of carboxylic acid groups (broad SMARTS) is 1. The van der Waals surface area contributed by atoms with E-state index in [4.69, 9.17) is 5.11 Å². The van der Waals surface area contributed by atoms with Crippen LogP contribution in [0, 0.1) is 0 Å². The first kappa shape index (κ1) is 11.2. The van der Waals surface area contributed by atoms with Crippen molar-refractivity contribution in [3.8, 4) is 0 Å². The quantitative estimate of drug-likeness (QED) is 0.763. The standard InChI is InChI=1S/C12H8N2O2S2/c15-11(16)9-6-8-10(17-9)14-12(18-8)13-7-4-2-1-3-5-7/h1-6H,(H,13,14)(H,15,16). The number of nitrogens with one attached hydrogen (secondary N) is 1. The minimum absolute atomic E-state index is 0.329. The van der Waals surface area contributed by atoms with E-state index < -0.39 is 5.97 Å². The average Bonchev–Trinajstić information content (AvgIpc) is 2.88.